The van der Waals surface area contributed by atoms with Crippen LogP contribution < -0.4 is 0 Å². The van der Waals surface area contributed by atoms with Crippen molar-refractivity contribution in [3.8, 4) is 0 Å². The van der Waals surface area contributed by atoms with Crippen LogP contribution in [-0.4, -0.2) is 10.2 Å². The molecule has 0 fully saturated rings. The van der Waals surface area contributed by atoms with Crippen LogP contribution in [0.15, 0.2) is 12.3 Å². The minimum Gasteiger partial charge on any atom is -0.181 e. The molecule has 0 aromatic carbocycles. The van der Waals surface area contributed by atoms with Gasteiger partial charge in [0.2, 0.25) is 0 Å². The second-order valence-corrected chi connectivity index (χ2v) is 1.58. The first-order chi connectivity index (χ1) is 3.80. The normalized spacial score (nSPS) is 9.25. The molecule has 0 aliphatic rings. The molecule has 4 heteroatoms. The van der Waals surface area contributed by atoms with Gasteiger partial charge in [0, 0.05) is 0 Å². The zero-order valence-electron chi connectivity index (χ0n) is 3.81. The number of hydrogen-bond acceptors (Lipinski definition) is 2. The van der Waals surface area contributed by atoms with Gasteiger partial charge in [-0.25, -0.2) is 0 Å². The maximum atomic E-state index is 12.0. The predicted octanol–water partition coefficient (Wildman–Crippen LogP) is 1.27. The Hall–Kier alpha value is -0.700. The molecule has 1 heterocycles. The minimum absolute atomic E-state index is 0.000000000000000222. The van der Waals surface area contributed by atoms with Gasteiger partial charge in [0.05, 0.1) is 11.2 Å². The standard InChI is InChI=1S/C4H2ClFN2/c5-3-1-2-7-8-4(3)6/h1-2H. The molecule has 0 unspecified atom stereocenters. The van der Waals surface area contributed by atoms with Crippen LogP contribution in [0.1, 0.15) is 0 Å². The van der Waals surface area contributed by atoms with E-state index in [1.54, 1.807) is 0 Å². The zero-order valence-corrected chi connectivity index (χ0v) is 4.56. The van der Waals surface area contributed by atoms with Gasteiger partial charge in [0.1, 0.15) is 0 Å². The molecule has 0 aliphatic carbocycles. The molecule has 0 radical (unpaired) electrons. The molecule has 0 amide bonds. The van der Waals surface area contributed by atoms with Crippen molar-refractivity contribution < 1.29 is 4.39 Å². The van der Waals surface area contributed by atoms with Crippen LogP contribution in [0.5, 0.6) is 0 Å². The third-order valence-corrected chi connectivity index (χ3v) is 0.912. The first kappa shape index (κ1) is 5.44. The van der Waals surface area contributed by atoms with Crippen LogP contribution in [0.4, 0.5) is 4.39 Å². The van der Waals surface area contributed by atoms with E-state index in [9.17, 15) is 4.39 Å². The average molecular weight is 133 g/mol. The van der Waals surface area contributed by atoms with Crippen LogP contribution in [0.25, 0.3) is 0 Å². The first-order valence-electron chi connectivity index (χ1n) is 1.93. The van der Waals surface area contributed by atoms with Crippen molar-refractivity contribution in [1.29, 1.82) is 0 Å². The second kappa shape index (κ2) is 2.05. The Morgan fingerprint density at radius 3 is 2.75 bits per heavy atom. The lowest BCUT2D eigenvalue weighted by atomic mass is 10.6. The van der Waals surface area contributed by atoms with Gasteiger partial charge in [-0.2, -0.15) is 9.49 Å². The molecule has 2 nitrogen and oxygen atoms in total. The molecule has 0 saturated heterocycles. The van der Waals surface area contributed by atoms with Gasteiger partial charge < -0.3 is 0 Å². The van der Waals surface area contributed by atoms with Gasteiger partial charge >= 0.3 is 0 Å². The molecule has 0 spiro atoms. The smallest absolute Gasteiger partial charge is 0.181 e. The van der Waals surface area contributed by atoms with Crippen molar-refractivity contribution in [2.24, 2.45) is 0 Å². The quantitative estimate of drug-likeness (QED) is 0.531. The lowest BCUT2D eigenvalue weighted by Gasteiger charge is -1.84. The summed E-state index contributed by atoms with van der Waals surface area (Å²) in [6.07, 6.45) is 1.32. The van der Waals surface area contributed by atoms with Crippen molar-refractivity contribution in [1.82, 2.24) is 10.2 Å². The van der Waals surface area contributed by atoms with E-state index in [1.165, 1.54) is 12.3 Å². The summed E-state index contributed by atoms with van der Waals surface area (Å²) >= 11 is 5.23. The lowest BCUT2D eigenvalue weighted by molar-refractivity contribution is 0.563. The Labute approximate surface area is 50.3 Å². The predicted molar refractivity (Wildman–Crippen MR) is 27.0 cm³/mol. The van der Waals surface area contributed by atoms with Crippen LogP contribution in [0, 0.1) is 5.95 Å². The summed E-state index contributed by atoms with van der Waals surface area (Å²) in [6, 6.07) is 1.34. The summed E-state index contributed by atoms with van der Waals surface area (Å²) in [7, 11) is 0. The van der Waals surface area contributed by atoms with Crippen LogP contribution in [0.2, 0.25) is 5.02 Å². The highest BCUT2D eigenvalue weighted by atomic mass is 35.5. The molecule has 1 rings (SSSR count). The van der Waals surface area contributed by atoms with Gasteiger partial charge in [0.25, 0.3) is 5.95 Å². The number of rotatable bonds is 0. The third kappa shape index (κ3) is 0.924. The van der Waals surface area contributed by atoms with Crippen molar-refractivity contribution in [2.75, 3.05) is 0 Å². The van der Waals surface area contributed by atoms with Gasteiger partial charge in [-0.15, -0.1) is 5.10 Å². The summed E-state index contributed by atoms with van der Waals surface area (Å²) in [5.41, 5.74) is 0. The molecule has 0 bridgehead atoms. The van der Waals surface area contributed by atoms with E-state index in [0.717, 1.165) is 0 Å². The highest BCUT2D eigenvalue weighted by Crippen LogP contribution is 2.06. The topological polar surface area (TPSA) is 25.8 Å². The fraction of sp³-hybridized carbons (Fsp3) is 0. The van der Waals surface area contributed by atoms with Crippen molar-refractivity contribution in [2.45, 2.75) is 0 Å². The van der Waals surface area contributed by atoms with Gasteiger partial charge in [0.15, 0.2) is 0 Å². The maximum absolute atomic E-state index is 12.0. The Balaban J connectivity index is 3.13. The van der Waals surface area contributed by atoms with Crippen LogP contribution >= 0.6 is 11.6 Å². The molecular formula is C4H2ClFN2. The van der Waals surface area contributed by atoms with Crippen LogP contribution in [-0.2, 0) is 0 Å². The van der Waals surface area contributed by atoms with E-state index in [4.69, 9.17) is 11.6 Å². The average Bonchev–Trinajstić information content (AvgIpc) is 1.77. The van der Waals surface area contributed by atoms with Gasteiger partial charge in [-0.3, -0.25) is 0 Å². The SMILES string of the molecule is Fc1nnccc1Cl. The van der Waals surface area contributed by atoms with Gasteiger partial charge in [-0.1, -0.05) is 11.6 Å². The molecule has 0 N–H and O–H groups in total. The van der Waals surface area contributed by atoms with Crippen molar-refractivity contribution in [3.63, 3.8) is 0 Å². The molecule has 42 valence electrons. The van der Waals surface area contributed by atoms with E-state index < -0.39 is 5.95 Å². The number of nitrogens with zero attached hydrogens (tertiary/aromatic N) is 2. The molecule has 0 aliphatic heterocycles. The fourth-order valence-electron chi connectivity index (χ4n) is 0.299. The third-order valence-electron chi connectivity index (χ3n) is 0.630. The van der Waals surface area contributed by atoms with Crippen molar-refractivity contribution in [3.05, 3.63) is 23.2 Å². The first-order valence-corrected chi connectivity index (χ1v) is 2.31. The lowest BCUT2D eigenvalue weighted by Crippen LogP contribution is -1.84. The summed E-state index contributed by atoms with van der Waals surface area (Å²) in [4.78, 5) is 0. The minimum atomic E-state index is -0.728. The highest BCUT2D eigenvalue weighted by Gasteiger charge is 1.94. The Kier molecular flexibility index (Phi) is 1.39. The molecule has 1 aromatic heterocycles. The van der Waals surface area contributed by atoms with Crippen LogP contribution in [0.3, 0.4) is 0 Å². The molecule has 0 atom stereocenters. The number of halogens is 2. The Morgan fingerprint density at radius 1 is 1.62 bits per heavy atom. The van der Waals surface area contributed by atoms with E-state index in [0.29, 0.717) is 0 Å². The Bertz CT molecular complexity index is 170. The fourth-order valence-corrected chi connectivity index (χ4v) is 0.393. The summed E-state index contributed by atoms with van der Waals surface area (Å²) < 4.78 is 12.0. The monoisotopic (exact) mass is 132 g/mol. The van der Waals surface area contributed by atoms with E-state index in [-0.39, 0.29) is 5.02 Å². The highest BCUT2D eigenvalue weighted by molar-refractivity contribution is 6.30. The summed E-state index contributed by atoms with van der Waals surface area (Å²) in [5, 5.41) is 6.27. The summed E-state index contributed by atoms with van der Waals surface area (Å²) in [6.45, 7) is 0. The van der Waals surface area contributed by atoms with E-state index >= 15 is 0 Å². The zero-order chi connectivity index (χ0) is 5.98. The molecule has 1 aromatic rings. The molecular weight excluding hydrogens is 131 g/mol. The molecule has 8 heavy (non-hydrogen) atoms. The largest absolute Gasteiger partial charge is 0.251 e. The number of hydrogen-bond donors (Lipinski definition) is 0. The second-order valence-electron chi connectivity index (χ2n) is 1.17. The van der Waals surface area contributed by atoms with Gasteiger partial charge in [-0.05, 0) is 6.07 Å². The van der Waals surface area contributed by atoms with E-state index in [2.05, 4.69) is 10.2 Å². The molecule has 0 saturated carbocycles. The van der Waals surface area contributed by atoms with E-state index in [1.807, 2.05) is 0 Å². The van der Waals surface area contributed by atoms with Crippen molar-refractivity contribution >= 4 is 11.6 Å². The maximum Gasteiger partial charge on any atom is 0.251 e. The number of aromatic nitrogens is 2. The summed E-state index contributed by atoms with van der Waals surface area (Å²) in [5.74, 6) is -0.728. The Morgan fingerprint density at radius 2 is 2.38 bits per heavy atom.